The van der Waals surface area contributed by atoms with Crippen molar-refractivity contribution in [1.82, 2.24) is 10.6 Å². The maximum atomic E-state index is 12.9. The van der Waals surface area contributed by atoms with Crippen molar-refractivity contribution in [2.75, 3.05) is 12.4 Å². The van der Waals surface area contributed by atoms with Gasteiger partial charge in [-0.15, -0.1) is 0 Å². The molecule has 1 aliphatic rings. The van der Waals surface area contributed by atoms with Gasteiger partial charge in [-0.25, -0.2) is 4.79 Å². The smallest absolute Gasteiger partial charge is 0.315 e. The Hall–Kier alpha value is -3.02. The van der Waals surface area contributed by atoms with Gasteiger partial charge in [-0.3, -0.25) is 4.79 Å². The number of nitrogens with one attached hydrogen (secondary N) is 3. The normalized spacial score (nSPS) is 15.0. The number of anilines is 1. The second-order valence-corrected chi connectivity index (χ2v) is 6.77. The Morgan fingerprint density at radius 2 is 1.67 bits per heavy atom. The summed E-state index contributed by atoms with van der Waals surface area (Å²) in [7, 11) is 1.60. The first-order chi connectivity index (χ1) is 13.1. The summed E-state index contributed by atoms with van der Waals surface area (Å²) in [5, 5.41) is 8.67. The van der Waals surface area contributed by atoms with Crippen molar-refractivity contribution in [1.29, 1.82) is 0 Å². The molecule has 0 atom stereocenters. The van der Waals surface area contributed by atoms with Gasteiger partial charge in [-0.1, -0.05) is 43.2 Å². The average Bonchev–Trinajstić information content (AvgIpc) is 3.17. The summed E-state index contributed by atoms with van der Waals surface area (Å²) in [5.74, 6) is 0.544. The molecule has 2 aromatic carbocycles. The molecular formula is C21H25N3O3. The van der Waals surface area contributed by atoms with Gasteiger partial charge in [0.15, 0.2) is 0 Å². The molecule has 0 unspecified atom stereocenters. The molecule has 27 heavy (non-hydrogen) atoms. The van der Waals surface area contributed by atoms with E-state index in [0.29, 0.717) is 25.1 Å². The van der Waals surface area contributed by atoms with Gasteiger partial charge in [-0.2, -0.15) is 0 Å². The minimum atomic E-state index is -0.874. The zero-order chi connectivity index (χ0) is 19.1. The predicted molar refractivity (Wildman–Crippen MR) is 105 cm³/mol. The number of amides is 3. The van der Waals surface area contributed by atoms with E-state index in [1.54, 1.807) is 31.4 Å². The van der Waals surface area contributed by atoms with Crippen LogP contribution >= 0.6 is 0 Å². The van der Waals surface area contributed by atoms with Crippen molar-refractivity contribution in [3.63, 3.8) is 0 Å². The van der Waals surface area contributed by atoms with Crippen LogP contribution in [0.5, 0.6) is 5.75 Å². The van der Waals surface area contributed by atoms with Crippen LogP contribution in [0.3, 0.4) is 0 Å². The molecule has 142 valence electrons. The van der Waals surface area contributed by atoms with E-state index in [4.69, 9.17) is 4.74 Å². The van der Waals surface area contributed by atoms with E-state index < -0.39 is 5.54 Å². The van der Waals surface area contributed by atoms with Gasteiger partial charge in [0.05, 0.1) is 7.11 Å². The predicted octanol–water partition coefficient (Wildman–Crippen LogP) is 3.45. The molecule has 6 nitrogen and oxygen atoms in total. The number of carbonyl (C=O) groups is 2. The third-order valence-electron chi connectivity index (χ3n) is 4.89. The zero-order valence-corrected chi connectivity index (χ0v) is 15.5. The highest BCUT2D eigenvalue weighted by Crippen LogP contribution is 2.31. The number of methoxy groups -OCH3 is 1. The van der Waals surface area contributed by atoms with Crippen LogP contribution in [0.25, 0.3) is 0 Å². The number of hydrogen-bond acceptors (Lipinski definition) is 3. The first kappa shape index (κ1) is 18.8. The maximum absolute atomic E-state index is 12.9. The number of ether oxygens (including phenoxy) is 1. The fourth-order valence-corrected chi connectivity index (χ4v) is 3.35. The molecule has 0 spiro atoms. The standard InChI is InChI=1S/C21H25N3O3/c1-27-18-11-9-17(10-12-18)23-19(25)21(13-5-6-14-21)24-20(26)22-15-16-7-3-2-4-8-16/h2-4,7-12H,5-6,13-15H2,1H3,(H,23,25)(H2,22,24,26). The summed E-state index contributed by atoms with van der Waals surface area (Å²) >= 11 is 0. The van der Waals surface area contributed by atoms with E-state index >= 15 is 0 Å². The quantitative estimate of drug-likeness (QED) is 0.732. The first-order valence-corrected chi connectivity index (χ1v) is 9.17. The Bertz CT molecular complexity index is 769. The van der Waals surface area contributed by atoms with Crippen LogP contribution in [0, 0.1) is 0 Å². The minimum absolute atomic E-state index is 0.181. The summed E-state index contributed by atoms with van der Waals surface area (Å²) in [5.41, 5.74) is 0.815. The Morgan fingerprint density at radius 3 is 2.30 bits per heavy atom. The third-order valence-corrected chi connectivity index (χ3v) is 4.89. The van der Waals surface area contributed by atoms with Crippen LogP contribution in [0.2, 0.25) is 0 Å². The van der Waals surface area contributed by atoms with Gasteiger partial charge in [0.2, 0.25) is 5.91 Å². The van der Waals surface area contributed by atoms with Gasteiger partial charge in [0.1, 0.15) is 11.3 Å². The largest absolute Gasteiger partial charge is 0.497 e. The summed E-state index contributed by atoms with van der Waals surface area (Å²) < 4.78 is 5.13. The third kappa shape index (κ3) is 4.78. The molecule has 0 aromatic heterocycles. The van der Waals surface area contributed by atoms with E-state index in [0.717, 1.165) is 24.2 Å². The SMILES string of the molecule is COc1ccc(NC(=O)C2(NC(=O)NCc3ccccc3)CCCC2)cc1. The summed E-state index contributed by atoms with van der Waals surface area (Å²) in [6.07, 6.45) is 3.09. The highest BCUT2D eigenvalue weighted by Gasteiger charge is 2.42. The molecule has 3 N–H and O–H groups in total. The van der Waals surface area contributed by atoms with Gasteiger partial charge in [0, 0.05) is 12.2 Å². The molecule has 3 rings (SSSR count). The van der Waals surface area contributed by atoms with Gasteiger partial charge < -0.3 is 20.7 Å². The maximum Gasteiger partial charge on any atom is 0.315 e. The van der Waals surface area contributed by atoms with E-state index in [9.17, 15) is 9.59 Å². The highest BCUT2D eigenvalue weighted by molar-refractivity contribution is 6.00. The number of benzene rings is 2. The number of carbonyl (C=O) groups excluding carboxylic acids is 2. The molecule has 6 heteroatoms. The lowest BCUT2D eigenvalue weighted by molar-refractivity contribution is -0.121. The van der Waals surface area contributed by atoms with Crippen LogP contribution in [-0.4, -0.2) is 24.6 Å². The molecule has 0 radical (unpaired) electrons. The first-order valence-electron chi connectivity index (χ1n) is 9.17. The minimum Gasteiger partial charge on any atom is -0.497 e. The van der Waals surface area contributed by atoms with Crippen LogP contribution in [-0.2, 0) is 11.3 Å². The lowest BCUT2D eigenvalue weighted by Gasteiger charge is -2.29. The summed E-state index contributed by atoms with van der Waals surface area (Å²) in [6.45, 7) is 0.419. The van der Waals surface area contributed by atoms with Crippen LogP contribution in [0.15, 0.2) is 54.6 Å². The Morgan fingerprint density at radius 1 is 1.00 bits per heavy atom. The monoisotopic (exact) mass is 367 g/mol. The van der Waals surface area contributed by atoms with Gasteiger partial charge in [-0.05, 0) is 42.7 Å². The second kappa shape index (κ2) is 8.58. The topological polar surface area (TPSA) is 79.5 Å². The molecule has 0 aliphatic heterocycles. The van der Waals surface area contributed by atoms with E-state index in [1.165, 1.54) is 0 Å². The Balaban J connectivity index is 1.61. The fraction of sp³-hybridized carbons (Fsp3) is 0.333. The van der Waals surface area contributed by atoms with E-state index in [-0.39, 0.29) is 11.9 Å². The molecule has 1 aliphatic carbocycles. The Labute approximate surface area is 159 Å². The van der Waals surface area contributed by atoms with E-state index in [1.807, 2.05) is 30.3 Å². The second-order valence-electron chi connectivity index (χ2n) is 6.77. The molecule has 0 bridgehead atoms. The van der Waals surface area contributed by atoms with Crippen molar-refractivity contribution in [2.24, 2.45) is 0 Å². The summed E-state index contributed by atoms with van der Waals surface area (Å²) in [4.78, 5) is 25.3. The lowest BCUT2D eigenvalue weighted by Crippen LogP contribution is -2.57. The van der Waals surface area contributed by atoms with Gasteiger partial charge in [0.25, 0.3) is 0 Å². The molecular weight excluding hydrogens is 342 g/mol. The average molecular weight is 367 g/mol. The molecule has 3 amide bonds. The lowest BCUT2D eigenvalue weighted by atomic mass is 9.96. The van der Waals surface area contributed by atoms with Crippen molar-refractivity contribution >= 4 is 17.6 Å². The van der Waals surface area contributed by atoms with Crippen molar-refractivity contribution in [3.8, 4) is 5.75 Å². The van der Waals surface area contributed by atoms with Crippen LogP contribution < -0.4 is 20.7 Å². The van der Waals surface area contributed by atoms with Crippen LogP contribution in [0.1, 0.15) is 31.2 Å². The fourth-order valence-electron chi connectivity index (χ4n) is 3.35. The molecule has 2 aromatic rings. The Kier molecular flexibility index (Phi) is 5.96. The number of urea groups is 1. The van der Waals surface area contributed by atoms with Crippen molar-refractivity contribution < 1.29 is 14.3 Å². The van der Waals surface area contributed by atoms with Crippen LogP contribution in [0.4, 0.5) is 10.5 Å². The highest BCUT2D eigenvalue weighted by atomic mass is 16.5. The van der Waals surface area contributed by atoms with Crippen molar-refractivity contribution in [2.45, 2.75) is 37.8 Å². The number of hydrogen-bond donors (Lipinski definition) is 3. The van der Waals surface area contributed by atoms with E-state index in [2.05, 4.69) is 16.0 Å². The molecule has 0 saturated heterocycles. The molecule has 0 heterocycles. The van der Waals surface area contributed by atoms with Crippen molar-refractivity contribution in [3.05, 3.63) is 60.2 Å². The summed E-state index contributed by atoms with van der Waals surface area (Å²) in [6, 6.07) is 16.5. The molecule has 1 saturated carbocycles. The zero-order valence-electron chi connectivity index (χ0n) is 15.5. The number of rotatable bonds is 6. The molecule has 1 fully saturated rings. The van der Waals surface area contributed by atoms with Gasteiger partial charge >= 0.3 is 6.03 Å².